The summed E-state index contributed by atoms with van der Waals surface area (Å²) in [7, 11) is 0. The van der Waals surface area contributed by atoms with Crippen LogP contribution in [-0.4, -0.2) is 36.5 Å². The molecular weight excluding hydrogens is 408 g/mol. The molecule has 0 saturated carbocycles. The smallest absolute Gasteiger partial charge is 0.419 e. The molecule has 11 heteroatoms. The number of alkyl halides is 6. The van der Waals surface area contributed by atoms with Crippen LogP contribution in [0.4, 0.5) is 26.3 Å². The van der Waals surface area contributed by atoms with Crippen LogP contribution in [0.15, 0.2) is 30.0 Å². The highest BCUT2D eigenvalue weighted by Crippen LogP contribution is 2.41. The lowest BCUT2D eigenvalue weighted by Crippen LogP contribution is -2.37. The molecule has 0 radical (unpaired) electrons. The Hall–Kier alpha value is -2.56. The Morgan fingerprint density at radius 3 is 2.28 bits per heavy atom. The van der Waals surface area contributed by atoms with Gasteiger partial charge in [0.2, 0.25) is 0 Å². The molecule has 0 N–H and O–H groups in total. The number of imide groups is 1. The summed E-state index contributed by atoms with van der Waals surface area (Å²) in [6.07, 6.45) is -8.06. The summed E-state index contributed by atoms with van der Waals surface area (Å²) in [6.45, 7) is 0.937. The molecule has 3 rings (SSSR count). The highest BCUT2D eigenvalue weighted by atomic mass is 19.4. The summed E-state index contributed by atoms with van der Waals surface area (Å²) < 4.78 is 88.2. The fourth-order valence-electron chi connectivity index (χ4n) is 3.05. The molecule has 0 aromatic heterocycles. The van der Waals surface area contributed by atoms with E-state index in [1.165, 1.54) is 0 Å². The van der Waals surface area contributed by atoms with E-state index in [0.29, 0.717) is 32.1 Å². The lowest BCUT2D eigenvalue weighted by atomic mass is 10.00. The Morgan fingerprint density at radius 2 is 1.69 bits per heavy atom. The molecule has 2 heterocycles. The van der Waals surface area contributed by atoms with Gasteiger partial charge in [0.15, 0.2) is 5.76 Å². The number of rotatable bonds is 4. The van der Waals surface area contributed by atoms with Gasteiger partial charge in [-0.25, -0.2) is 0 Å². The summed E-state index contributed by atoms with van der Waals surface area (Å²) in [4.78, 5) is 25.3. The van der Waals surface area contributed by atoms with Crippen LogP contribution in [0.5, 0.6) is 5.75 Å². The summed E-state index contributed by atoms with van der Waals surface area (Å²) in [5, 5.41) is 0. The minimum atomic E-state index is -5.02. The predicted octanol–water partition coefficient (Wildman–Crippen LogP) is 3.78. The van der Waals surface area contributed by atoms with E-state index >= 15 is 0 Å². The number of hydrogen-bond donors (Lipinski definition) is 0. The zero-order chi connectivity index (χ0) is 21.4. The highest BCUT2D eigenvalue weighted by molar-refractivity contribution is 6.15. The van der Waals surface area contributed by atoms with Gasteiger partial charge in [-0.15, -0.1) is 0 Å². The van der Waals surface area contributed by atoms with Crippen LogP contribution in [0, 0.1) is 5.92 Å². The third kappa shape index (κ3) is 4.72. The number of halogens is 6. The van der Waals surface area contributed by atoms with Crippen molar-refractivity contribution in [1.82, 2.24) is 4.90 Å². The SMILES string of the molecule is O=C1C=C(Oc2cc(C(F)(F)F)ccc2C(F)(F)F)C(=O)N1CC1CCOCC1. The standard InChI is InChI=1S/C18H15F6NO4/c19-17(20,21)11-1-2-12(18(22,23)24)13(7-11)29-14-8-15(26)25(16(14)27)9-10-3-5-28-6-4-10/h1-2,7-8,10H,3-6,9H2. The van der Waals surface area contributed by atoms with Crippen molar-refractivity contribution in [3.05, 3.63) is 41.2 Å². The van der Waals surface area contributed by atoms with Crippen LogP contribution in [0.25, 0.3) is 0 Å². The third-order valence-electron chi connectivity index (χ3n) is 4.59. The minimum absolute atomic E-state index is 0.0269. The number of benzene rings is 1. The average Bonchev–Trinajstić information content (AvgIpc) is 2.88. The van der Waals surface area contributed by atoms with Crippen molar-refractivity contribution in [1.29, 1.82) is 0 Å². The third-order valence-corrected chi connectivity index (χ3v) is 4.59. The van der Waals surface area contributed by atoms with E-state index in [0.717, 1.165) is 4.90 Å². The average molecular weight is 423 g/mol. The second-order valence-electron chi connectivity index (χ2n) is 6.63. The van der Waals surface area contributed by atoms with E-state index in [2.05, 4.69) is 0 Å². The molecule has 2 aliphatic heterocycles. The molecule has 0 aliphatic carbocycles. The van der Waals surface area contributed by atoms with Gasteiger partial charge in [0.1, 0.15) is 5.75 Å². The van der Waals surface area contributed by atoms with Crippen LogP contribution in [0.2, 0.25) is 0 Å². The molecule has 2 aliphatic rings. The first kappa shape index (κ1) is 21.2. The Balaban J connectivity index is 1.84. The molecule has 0 atom stereocenters. The fraction of sp³-hybridized carbons (Fsp3) is 0.444. The number of nitrogens with zero attached hydrogens (tertiary/aromatic N) is 1. The number of hydrogen-bond acceptors (Lipinski definition) is 4. The molecular formula is C18H15F6NO4. The topological polar surface area (TPSA) is 55.8 Å². The fourth-order valence-corrected chi connectivity index (χ4v) is 3.05. The van der Waals surface area contributed by atoms with Gasteiger partial charge in [0.05, 0.1) is 17.2 Å². The van der Waals surface area contributed by atoms with Gasteiger partial charge in [-0.2, -0.15) is 26.3 Å². The van der Waals surface area contributed by atoms with E-state index in [1.54, 1.807) is 0 Å². The minimum Gasteiger partial charge on any atom is -0.451 e. The molecule has 5 nitrogen and oxygen atoms in total. The van der Waals surface area contributed by atoms with Crippen LogP contribution in [0.1, 0.15) is 24.0 Å². The zero-order valence-corrected chi connectivity index (χ0v) is 14.8. The first-order valence-corrected chi connectivity index (χ1v) is 8.58. The first-order valence-electron chi connectivity index (χ1n) is 8.58. The maximum atomic E-state index is 13.2. The maximum Gasteiger partial charge on any atom is 0.419 e. The largest absolute Gasteiger partial charge is 0.451 e. The molecule has 1 fully saturated rings. The Morgan fingerprint density at radius 1 is 1.03 bits per heavy atom. The first-order chi connectivity index (χ1) is 13.5. The van der Waals surface area contributed by atoms with Crippen LogP contribution < -0.4 is 4.74 Å². The normalized spacial score (nSPS) is 19.0. The summed E-state index contributed by atoms with van der Waals surface area (Å²) in [6, 6.07) is 0.644. The summed E-state index contributed by atoms with van der Waals surface area (Å²) in [5.74, 6) is -3.78. The van der Waals surface area contributed by atoms with E-state index in [-0.39, 0.29) is 30.7 Å². The van der Waals surface area contributed by atoms with Crippen molar-refractivity contribution in [2.45, 2.75) is 25.2 Å². The quantitative estimate of drug-likeness (QED) is 0.547. The van der Waals surface area contributed by atoms with Crippen LogP contribution in [0.3, 0.4) is 0 Å². The van der Waals surface area contributed by atoms with E-state index in [1.807, 2.05) is 0 Å². The van der Waals surface area contributed by atoms with Gasteiger partial charge in [-0.05, 0) is 37.0 Å². The van der Waals surface area contributed by atoms with Crippen molar-refractivity contribution >= 4 is 11.8 Å². The Bertz CT molecular complexity index is 840. The number of ether oxygens (including phenoxy) is 2. The van der Waals surface area contributed by atoms with Gasteiger partial charge >= 0.3 is 12.4 Å². The van der Waals surface area contributed by atoms with Crippen LogP contribution >= 0.6 is 0 Å². The van der Waals surface area contributed by atoms with Crippen molar-refractivity contribution in [2.24, 2.45) is 5.92 Å². The molecule has 2 amide bonds. The second-order valence-corrected chi connectivity index (χ2v) is 6.63. The molecule has 0 unspecified atom stereocenters. The van der Waals surface area contributed by atoms with E-state index in [4.69, 9.17) is 9.47 Å². The van der Waals surface area contributed by atoms with Gasteiger partial charge in [0, 0.05) is 19.8 Å². The number of amides is 2. The monoisotopic (exact) mass is 423 g/mol. The maximum absolute atomic E-state index is 13.2. The molecule has 1 aromatic rings. The van der Waals surface area contributed by atoms with Crippen LogP contribution in [-0.2, 0) is 26.7 Å². The molecule has 158 valence electrons. The Kier molecular flexibility index (Phi) is 5.61. The van der Waals surface area contributed by atoms with Gasteiger partial charge in [-0.3, -0.25) is 14.5 Å². The lowest BCUT2D eigenvalue weighted by Gasteiger charge is -2.26. The lowest BCUT2D eigenvalue weighted by molar-refractivity contribution is -0.143. The summed E-state index contributed by atoms with van der Waals surface area (Å²) in [5.41, 5.74) is -2.87. The van der Waals surface area contributed by atoms with Gasteiger partial charge in [-0.1, -0.05) is 0 Å². The van der Waals surface area contributed by atoms with Gasteiger partial charge in [0.25, 0.3) is 11.8 Å². The Labute approximate surface area is 160 Å². The molecule has 1 aromatic carbocycles. The predicted molar refractivity (Wildman–Crippen MR) is 85.4 cm³/mol. The molecule has 29 heavy (non-hydrogen) atoms. The number of carbonyl (C=O) groups excluding carboxylic acids is 2. The summed E-state index contributed by atoms with van der Waals surface area (Å²) >= 11 is 0. The molecule has 0 spiro atoms. The van der Waals surface area contributed by atoms with Crippen molar-refractivity contribution in [2.75, 3.05) is 19.8 Å². The second kappa shape index (κ2) is 7.69. The molecule has 0 bridgehead atoms. The number of carbonyl (C=O) groups is 2. The van der Waals surface area contributed by atoms with Gasteiger partial charge < -0.3 is 9.47 Å². The van der Waals surface area contributed by atoms with E-state index in [9.17, 15) is 35.9 Å². The van der Waals surface area contributed by atoms with E-state index < -0.39 is 46.8 Å². The highest BCUT2D eigenvalue weighted by Gasteiger charge is 2.40. The molecule has 1 saturated heterocycles. The van der Waals surface area contributed by atoms with Crippen molar-refractivity contribution in [3.63, 3.8) is 0 Å². The van der Waals surface area contributed by atoms with Crippen molar-refractivity contribution in [3.8, 4) is 5.75 Å². The van der Waals surface area contributed by atoms with Crippen molar-refractivity contribution < 1.29 is 45.4 Å². The zero-order valence-electron chi connectivity index (χ0n) is 14.8.